The number of rotatable bonds is 6. The second kappa shape index (κ2) is 9.29. The highest BCUT2D eigenvalue weighted by Crippen LogP contribution is 2.36. The summed E-state index contributed by atoms with van der Waals surface area (Å²) in [6.45, 7) is 2.27. The molecule has 2 aromatic carbocycles. The van der Waals surface area contributed by atoms with E-state index in [1.54, 1.807) is 4.90 Å². The average molecular weight is 441 g/mol. The number of carbonyl (C=O) groups is 1. The van der Waals surface area contributed by atoms with Crippen LogP contribution in [0.25, 0.3) is 0 Å². The molecule has 7 nitrogen and oxygen atoms in total. The van der Waals surface area contributed by atoms with Crippen molar-refractivity contribution in [2.75, 3.05) is 44.2 Å². The molecule has 31 heavy (non-hydrogen) atoms. The molecule has 11 heteroatoms. The van der Waals surface area contributed by atoms with Gasteiger partial charge in [0.2, 0.25) is 0 Å². The molecule has 0 aliphatic carbocycles. The third-order valence-corrected chi connectivity index (χ3v) is 4.93. The Morgan fingerprint density at radius 2 is 1.71 bits per heavy atom. The summed E-state index contributed by atoms with van der Waals surface area (Å²) in [4.78, 5) is 26.0. The molecular weight excluding hydrogens is 422 g/mol. The summed E-state index contributed by atoms with van der Waals surface area (Å²) >= 11 is 0. The lowest BCUT2D eigenvalue weighted by Gasteiger charge is -2.35. The van der Waals surface area contributed by atoms with E-state index in [1.807, 2.05) is 4.90 Å². The predicted octanol–water partition coefficient (Wildman–Crippen LogP) is 3.73. The summed E-state index contributed by atoms with van der Waals surface area (Å²) < 4.78 is 56.6. The average Bonchev–Trinajstić information content (AvgIpc) is 2.73. The highest BCUT2D eigenvalue weighted by Gasteiger charge is 2.34. The summed E-state index contributed by atoms with van der Waals surface area (Å²) in [5, 5.41) is 11.3. The molecule has 1 aliphatic rings. The van der Waals surface area contributed by atoms with Crippen LogP contribution in [0.1, 0.15) is 15.9 Å². The van der Waals surface area contributed by atoms with Gasteiger partial charge >= 0.3 is 12.1 Å². The van der Waals surface area contributed by atoms with Gasteiger partial charge in [0.1, 0.15) is 18.1 Å². The molecule has 166 valence electrons. The number of esters is 1. The summed E-state index contributed by atoms with van der Waals surface area (Å²) in [7, 11) is 0. The van der Waals surface area contributed by atoms with E-state index in [1.165, 1.54) is 12.1 Å². The van der Waals surface area contributed by atoms with Crippen LogP contribution in [0, 0.1) is 15.9 Å². The van der Waals surface area contributed by atoms with Crippen LogP contribution in [0.5, 0.6) is 0 Å². The Morgan fingerprint density at radius 3 is 2.29 bits per heavy atom. The van der Waals surface area contributed by atoms with E-state index in [-0.39, 0.29) is 17.9 Å². The van der Waals surface area contributed by atoms with Crippen molar-refractivity contribution in [3.05, 3.63) is 69.5 Å². The molecule has 1 fully saturated rings. The first-order valence-electron chi connectivity index (χ1n) is 9.41. The molecule has 1 saturated heterocycles. The molecule has 1 aliphatic heterocycles. The summed E-state index contributed by atoms with van der Waals surface area (Å²) in [6.07, 6.45) is -4.66. The second-order valence-electron chi connectivity index (χ2n) is 6.93. The first kappa shape index (κ1) is 22.5. The summed E-state index contributed by atoms with van der Waals surface area (Å²) in [5.41, 5.74) is -1.28. The Morgan fingerprint density at radius 1 is 1.06 bits per heavy atom. The van der Waals surface area contributed by atoms with Crippen LogP contribution in [-0.4, -0.2) is 55.1 Å². The van der Waals surface area contributed by atoms with Gasteiger partial charge in [-0.2, -0.15) is 13.2 Å². The molecule has 2 aromatic rings. The van der Waals surface area contributed by atoms with Gasteiger partial charge in [-0.25, -0.2) is 9.18 Å². The number of piperazine rings is 1. The van der Waals surface area contributed by atoms with Gasteiger partial charge in [0.15, 0.2) is 0 Å². The Hall–Kier alpha value is -3.21. The fourth-order valence-corrected chi connectivity index (χ4v) is 3.26. The topological polar surface area (TPSA) is 75.9 Å². The molecule has 0 unspecified atom stereocenters. The van der Waals surface area contributed by atoms with Gasteiger partial charge in [-0.3, -0.25) is 15.0 Å². The van der Waals surface area contributed by atoms with Gasteiger partial charge in [0, 0.05) is 38.8 Å². The van der Waals surface area contributed by atoms with Crippen LogP contribution in [0.4, 0.5) is 28.9 Å². The molecule has 0 amide bonds. The number of hydrogen-bond acceptors (Lipinski definition) is 6. The molecule has 0 saturated carbocycles. The van der Waals surface area contributed by atoms with Crippen LogP contribution < -0.4 is 4.90 Å². The van der Waals surface area contributed by atoms with Crippen LogP contribution in [0.2, 0.25) is 0 Å². The van der Waals surface area contributed by atoms with E-state index < -0.39 is 34.1 Å². The zero-order valence-corrected chi connectivity index (χ0v) is 16.3. The number of anilines is 1. The highest BCUT2D eigenvalue weighted by molar-refractivity contribution is 5.89. The zero-order valence-electron chi connectivity index (χ0n) is 16.3. The predicted molar refractivity (Wildman–Crippen MR) is 103 cm³/mol. The minimum Gasteiger partial charge on any atom is -0.461 e. The summed E-state index contributed by atoms with van der Waals surface area (Å²) in [5.74, 6) is -1.03. The number of nitrogens with zero attached hydrogens (tertiary/aromatic N) is 3. The molecule has 0 bridgehead atoms. The minimum atomic E-state index is -4.66. The normalized spacial score (nSPS) is 15.0. The van der Waals surface area contributed by atoms with Crippen LogP contribution >= 0.6 is 0 Å². The Labute approximate surface area is 175 Å². The van der Waals surface area contributed by atoms with E-state index in [0.29, 0.717) is 38.8 Å². The smallest absolute Gasteiger partial charge is 0.416 e. The van der Waals surface area contributed by atoms with Crippen molar-refractivity contribution in [1.29, 1.82) is 0 Å². The molecule has 3 rings (SSSR count). The Kier molecular flexibility index (Phi) is 6.74. The van der Waals surface area contributed by atoms with E-state index in [0.717, 1.165) is 24.3 Å². The molecular formula is C20H19F4N3O4. The molecule has 0 N–H and O–H groups in total. The van der Waals surface area contributed by atoms with Gasteiger partial charge in [0.25, 0.3) is 5.69 Å². The van der Waals surface area contributed by atoms with Crippen molar-refractivity contribution in [2.45, 2.75) is 6.18 Å². The maximum atomic E-state index is 12.9. The Balaban J connectivity index is 1.53. The lowest BCUT2D eigenvalue weighted by Crippen LogP contribution is -2.47. The van der Waals surface area contributed by atoms with Gasteiger partial charge in [-0.05, 0) is 36.4 Å². The minimum absolute atomic E-state index is 0.108. The lowest BCUT2D eigenvalue weighted by molar-refractivity contribution is -0.384. The van der Waals surface area contributed by atoms with Crippen molar-refractivity contribution in [3.63, 3.8) is 0 Å². The van der Waals surface area contributed by atoms with Gasteiger partial charge < -0.3 is 9.64 Å². The van der Waals surface area contributed by atoms with E-state index in [4.69, 9.17) is 4.74 Å². The quantitative estimate of drug-likeness (QED) is 0.294. The number of benzene rings is 2. The maximum absolute atomic E-state index is 12.9. The Bertz CT molecular complexity index is 942. The SMILES string of the molecule is O=C(OCCN1CCN(c2ccc(C(F)(F)F)cc2[N+](=O)[O-])CC1)c1ccc(F)cc1. The standard InChI is InChI=1S/C20H19F4N3O4/c21-16-4-1-14(2-5-16)19(28)31-12-11-25-7-9-26(10-8-25)17-6-3-15(20(22,23)24)13-18(17)27(29)30/h1-6,13H,7-12H2. The number of nitro benzene ring substituents is 1. The summed E-state index contributed by atoms with van der Waals surface area (Å²) in [6, 6.07) is 7.49. The third-order valence-electron chi connectivity index (χ3n) is 4.93. The van der Waals surface area contributed by atoms with Gasteiger partial charge in [-0.15, -0.1) is 0 Å². The van der Waals surface area contributed by atoms with Crippen molar-refractivity contribution >= 4 is 17.3 Å². The zero-order chi connectivity index (χ0) is 22.6. The van der Waals surface area contributed by atoms with Crippen LogP contribution in [0.3, 0.4) is 0 Å². The molecule has 0 aromatic heterocycles. The van der Waals surface area contributed by atoms with Crippen molar-refractivity contribution < 1.29 is 32.0 Å². The lowest BCUT2D eigenvalue weighted by atomic mass is 10.1. The number of halogens is 4. The molecule has 1 heterocycles. The van der Waals surface area contributed by atoms with E-state index in [2.05, 4.69) is 0 Å². The number of alkyl halides is 3. The number of nitro groups is 1. The van der Waals surface area contributed by atoms with Crippen LogP contribution in [-0.2, 0) is 10.9 Å². The molecule has 0 radical (unpaired) electrons. The maximum Gasteiger partial charge on any atom is 0.416 e. The first-order chi connectivity index (χ1) is 14.6. The van der Waals surface area contributed by atoms with Crippen molar-refractivity contribution in [2.24, 2.45) is 0 Å². The molecule has 0 spiro atoms. The van der Waals surface area contributed by atoms with Gasteiger partial charge in [-0.1, -0.05) is 0 Å². The van der Waals surface area contributed by atoms with E-state index in [9.17, 15) is 32.5 Å². The fraction of sp³-hybridized carbons (Fsp3) is 0.350. The van der Waals surface area contributed by atoms with Crippen molar-refractivity contribution in [3.8, 4) is 0 Å². The first-order valence-corrected chi connectivity index (χ1v) is 9.41. The largest absolute Gasteiger partial charge is 0.461 e. The van der Waals surface area contributed by atoms with E-state index >= 15 is 0 Å². The van der Waals surface area contributed by atoms with Crippen LogP contribution in [0.15, 0.2) is 42.5 Å². The van der Waals surface area contributed by atoms with Crippen molar-refractivity contribution in [1.82, 2.24) is 4.90 Å². The molecule has 0 atom stereocenters. The third kappa shape index (κ3) is 5.69. The monoisotopic (exact) mass is 441 g/mol. The second-order valence-corrected chi connectivity index (χ2v) is 6.93. The van der Waals surface area contributed by atoms with Gasteiger partial charge in [0.05, 0.1) is 16.1 Å². The number of ether oxygens (including phenoxy) is 1. The fourth-order valence-electron chi connectivity index (χ4n) is 3.26. The number of carbonyl (C=O) groups excluding carboxylic acids is 1. The highest BCUT2D eigenvalue weighted by atomic mass is 19.4. The number of hydrogen-bond donors (Lipinski definition) is 0.